The zero-order valence-corrected chi connectivity index (χ0v) is 18.0. The van der Waals surface area contributed by atoms with Gasteiger partial charge in [0.15, 0.2) is 11.5 Å². The number of aromatic nitrogens is 1. The van der Waals surface area contributed by atoms with Gasteiger partial charge in [-0.1, -0.05) is 12.1 Å². The van der Waals surface area contributed by atoms with Gasteiger partial charge in [-0.05, 0) is 61.5 Å². The van der Waals surface area contributed by atoms with E-state index in [-0.39, 0.29) is 12.6 Å². The van der Waals surface area contributed by atoms with E-state index >= 15 is 0 Å². The Kier molecular flexibility index (Phi) is 6.21. The van der Waals surface area contributed by atoms with Crippen LogP contribution in [0.1, 0.15) is 12.0 Å². The zero-order valence-electron chi connectivity index (χ0n) is 18.0. The van der Waals surface area contributed by atoms with Gasteiger partial charge in [0, 0.05) is 42.0 Å². The highest BCUT2D eigenvalue weighted by molar-refractivity contribution is 5.91. The molecule has 0 saturated heterocycles. The lowest BCUT2D eigenvalue weighted by atomic mass is 10.1. The highest BCUT2D eigenvalue weighted by atomic mass is 19.1. The monoisotopic (exact) mass is 445 g/mol. The van der Waals surface area contributed by atoms with E-state index in [0.29, 0.717) is 11.5 Å². The van der Waals surface area contributed by atoms with Gasteiger partial charge >= 0.3 is 0 Å². The van der Waals surface area contributed by atoms with Gasteiger partial charge in [0.05, 0.1) is 5.52 Å². The summed E-state index contributed by atoms with van der Waals surface area (Å²) in [7, 11) is 0. The Hall–Kier alpha value is -3.84. The van der Waals surface area contributed by atoms with Gasteiger partial charge in [0.2, 0.25) is 6.79 Å². The summed E-state index contributed by atoms with van der Waals surface area (Å²) in [5.41, 5.74) is 2.97. The maximum Gasteiger partial charge on any atom is 0.231 e. The van der Waals surface area contributed by atoms with Crippen molar-refractivity contribution in [1.29, 1.82) is 0 Å². The molecule has 7 heteroatoms. The summed E-state index contributed by atoms with van der Waals surface area (Å²) in [5.74, 6) is 2.60. The minimum atomic E-state index is -0.291. The SMILES string of the molecule is Fc1ccc(Oc2ccc3c(NCCCNCc4cccc5c4OCO5)ccnc3c2)cc1. The molecule has 0 saturated carbocycles. The number of halogens is 1. The van der Waals surface area contributed by atoms with E-state index in [1.54, 1.807) is 18.3 Å². The highest BCUT2D eigenvalue weighted by Crippen LogP contribution is 2.35. The summed E-state index contributed by atoms with van der Waals surface area (Å²) in [6.07, 6.45) is 2.74. The van der Waals surface area contributed by atoms with Gasteiger partial charge in [-0.15, -0.1) is 0 Å². The molecule has 0 fully saturated rings. The topological polar surface area (TPSA) is 64.6 Å². The molecule has 4 aromatic rings. The van der Waals surface area contributed by atoms with Crippen LogP contribution in [-0.2, 0) is 6.54 Å². The molecule has 0 spiro atoms. The van der Waals surface area contributed by atoms with E-state index in [2.05, 4.69) is 21.7 Å². The Bertz CT molecular complexity index is 1250. The predicted molar refractivity (Wildman–Crippen MR) is 126 cm³/mol. The molecule has 2 heterocycles. The number of rotatable bonds is 9. The van der Waals surface area contributed by atoms with Crippen molar-refractivity contribution in [3.8, 4) is 23.0 Å². The number of ether oxygens (including phenoxy) is 3. The van der Waals surface area contributed by atoms with Crippen molar-refractivity contribution >= 4 is 16.6 Å². The number of nitrogens with zero attached hydrogens (tertiary/aromatic N) is 1. The smallest absolute Gasteiger partial charge is 0.231 e. The molecule has 0 radical (unpaired) electrons. The summed E-state index contributed by atoms with van der Waals surface area (Å²) in [6, 6.07) is 19.6. The first-order chi connectivity index (χ1) is 16.3. The van der Waals surface area contributed by atoms with Crippen molar-refractivity contribution in [1.82, 2.24) is 10.3 Å². The third kappa shape index (κ3) is 4.99. The summed E-state index contributed by atoms with van der Waals surface area (Å²) in [4.78, 5) is 4.46. The zero-order chi connectivity index (χ0) is 22.5. The van der Waals surface area contributed by atoms with Crippen molar-refractivity contribution in [3.05, 3.63) is 84.3 Å². The lowest BCUT2D eigenvalue weighted by Gasteiger charge is -2.12. The summed E-state index contributed by atoms with van der Waals surface area (Å²) in [6.45, 7) is 2.72. The molecule has 1 aliphatic heterocycles. The third-order valence-corrected chi connectivity index (χ3v) is 5.40. The van der Waals surface area contributed by atoms with Crippen molar-refractivity contribution < 1.29 is 18.6 Å². The Labute approximate surface area is 191 Å². The van der Waals surface area contributed by atoms with Crippen molar-refractivity contribution in [3.63, 3.8) is 0 Å². The molecule has 0 unspecified atom stereocenters. The van der Waals surface area contributed by atoms with Crippen molar-refractivity contribution in [2.75, 3.05) is 25.2 Å². The second-order valence-corrected chi connectivity index (χ2v) is 7.70. The molecule has 33 heavy (non-hydrogen) atoms. The molecule has 168 valence electrons. The first-order valence-electron chi connectivity index (χ1n) is 10.9. The molecule has 0 bridgehead atoms. The van der Waals surface area contributed by atoms with E-state index in [0.717, 1.165) is 59.7 Å². The van der Waals surface area contributed by atoms with Gasteiger partial charge in [0.25, 0.3) is 0 Å². The first-order valence-corrected chi connectivity index (χ1v) is 10.9. The Balaban J connectivity index is 1.13. The van der Waals surface area contributed by atoms with E-state index in [9.17, 15) is 4.39 Å². The van der Waals surface area contributed by atoms with Crippen LogP contribution in [0.4, 0.5) is 10.1 Å². The summed E-state index contributed by atoms with van der Waals surface area (Å²) < 4.78 is 29.9. The van der Waals surface area contributed by atoms with Crippen LogP contribution in [0.3, 0.4) is 0 Å². The molecule has 0 atom stereocenters. The molecule has 1 aliphatic rings. The van der Waals surface area contributed by atoms with Crippen LogP contribution >= 0.6 is 0 Å². The molecule has 2 N–H and O–H groups in total. The normalized spacial score (nSPS) is 12.2. The van der Waals surface area contributed by atoms with Crippen LogP contribution in [0, 0.1) is 5.82 Å². The minimum absolute atomic E-state index is 0.288. The Morgan fingerprint density at radius 2 is 1.82 bits per heavy atom. The first kappa shape index (κ1) is 21.0. The Morgan fingerprint density at radius 3 is 2.73 bits per heavy atom. The maximum absolute atomic E-state index is 13.1. The van der Waals surface area contributed by atoms with Crippen LogP contribution in [-0.4, -0.2) is 24.9 Å². The fourth-order valence-corrected chi connectivity index (χ4v) is 3.77. The van der Waals surface area contributed by atoms with Crippen LogP contribution in [0.2, 0.25) is 0 Å². The summed E-state index contributed by atoms with van der Waals surface area (Å²) in [5, 5.41) is 7.98. The van der Waals surface area contributed by atoms with Gasteiger partial charge in [-0.3, -0.25) is 4.98 Å². The van der Waals surface area contributed by atoms with Gasteiger partial charge in [-0.25, -0.2) is 4.39 Å². The summed E-state index contributed by atoms with van der Waals surface area (Å²) >= 11 is 0. The molecular formula is C26H24FN3O3. The standard InChI is InChI=1S/C26H24FN3O3/c27-19-5-7-20(8-6-19)33-21-9-10-22-23(11-14-30-24(22)15-21)29-13-2-12-28-16-18-3-1-4-25-26(18)32-17-31-25/h1,3-11,14-15,28H,2,12-13,16-17H2,(H,29,30). The van der Waals surface area contributed by atoms with E-state index in [1.807, 2.05) is 36.4 Å². The number of hydrogen-bond donors (Lipinski definition) is 2. The average Bonchev–Trinajstić information content (AvgIpc) is 3.32. The maximum atomic E-state index is 13.1. The second-order valence-electron chi connectivity index (χ2n) is 7.70. The number of fused-ring (bicyclic) bond motifs is 2. The average molecular weight is 445 g/mol. The fourth-order valence-electron chi connectivity index (χ4n) is 3.77. The second kappa shape index (κ2) is 9.75. The fraction of sp³-hybridized carbons (Fsp3) is 0.192. The molecular weight excluding hydrogens is 421 g/mol. The van der Waals surface area contributed by atoms with E-state index in [1.165, 1.54) is 12.1 Å². The van der Waals surface area contributed by atoms with Crippen LogP contribution < -0.4 is 24.8 Å². The van der Waals surface area contributed by atoms with Crippen LogP contribution in [0.5, 0.6) is 23.0 Å². The molecule has 0 amide bonds. The minimum Gasteiger partial charge on any atom is -0.457 e. The third-order valence-electron chi connectivity index (χ3n) is 5.40. The van der Waals surface area contributed by atoms with E-state index < -0.39 is 0 Å². The van der Waals surface area contributed by atoms with Gasteiger partial charge in [0.1, 0.15) is 17.3 Å². The largest absolute Gasteiger partial charge is 0.457 e. The molecule has 1 aromatic heterocycles. The van der Waals surface area contributed by atoms with Crippen molar-refractivity contribution in [2.45, 2.75) is 13.0 Å². The van der Waals surface area contributed by atoms with Crippen LogP contribution in [0.15, 0.2) is 72.9 Å². The Morgan fingerprint density at radius 1 is 0.939 bits per heavy atom. The molecule has 3 aromatic carbocycles. The lowest BCUT2D eigenvalue weighted by molar-refractivity contribution is 0.173. The molecule has 0 aliphatic carbocycles. The van der Waals surface area contributed by atoms with Gasteiger partial charge in [-0.2, -0.15) is 0 Å². The predicted octanol–water partition coefficient (Wildman–Crippen LogP) is 5.49. The van der Waals surface area contributed by atoms with Crippen LogP contribution in [0.25, 0.3) is 10.9 Å². The highest BCUT2D eigenvalue weighted by Gasteiger charge is 2.16. The number of anilines is 1. The van der Waals surface area contributed by atoms with Gasteiger partial charge < -0.3 is 24.8 Å². The quantitative estimate of drug-likeness (QED) is 0.332. The number of pyridine rings is 1. The number of hydrogen-bond acceptors (Lipinski definition) is 6. The van der Waals surface area contributed by atoms with E-state index in [4.69, 9.17) is 14.2 Å². The van der Waals surface area contributed by atoms with Crippen molar-refractivity contribution in [2.24, 2.45) is 0 Å². The number of nitrogens with one attached hydrogen (secondary N) is 2. The molecule has 6 nitrogen and oxygen atoms in total. The number of benzene rings is 3. The lowest BCUT2D eigenvalue weighted by Crippen LogP contribution is -2.18. The number of para-hydroxylation sites is 1. The molecule has 5 rings (SSSR count).